The zero-order valence-corrected chi connectivity index (χ0v) is 9.42. The highest BCUT2D eigenvalue weighted by Gasteiger charge is 2.01. The molecule has 0 atom stereocenters. The van der Waals surface area contributed by atoms with Crippen LogP contribution in [0.3, 0.4) is 0 Å². The molecule has 0 fully saturated rings. The standard InChI is InChI=1S/C11H14N4O/c1-3-9-4-6-10(7-5-9)16-8-11-12-14-15(2)13-11/h4-7H,3,8H2,1-2H3. The molecular formula is C11H14N4O. The normalized spacial score (nSPS) is 10.4. The third kappa shape index (κ3) is 2.56. The van der Waals surface area contributed by atoms with Crippen molar-refractivity contribution < 1.29 is 4.74 Å². The molecule has 0 spiro atoms. The summed E-state index contributed by atoms with van der Waals surface area (Å²) in [5, 5.41) is 11.6. The molecule has 1 heterocycles. The molecule has 0 aliphatic rings. The average Bonchev–Trinajstić information content (AvgIpc) is 2.73. The minimum atomic E-state index is 0.347. The largest absolute Gasteiger partial charge is 0.485 e. The van der Waals surface area contributed by atoms with Gasteiger partial charge in [0.1, 0.15) is 5.75 Å². The van der Waals surface area contributed by atoms with Gasteiger partial charge in [-0.15, -0.1) is 10.2 Å². The summed E-state index contributed by atoms with van der Waals surface area (Å²) >= 11 is 0. The lowest BCUT2D eigenvalue weighted by Crippen LogP contribution is -1.99. The van der Waals surface area contributed by atoms with E-state index in [9.17, 15) is 0 Å². The second-order valence-corrected chi connectivity index (χ2v) is 3.48. The van der Waals surface area contributed by atoms with Crippen molar-refractivity contribution in [2.75, 3.05) is 0 Å². The van der Waals surface area contributed by atoms with Crippen molar-refractivity contribution in [1.82, 2.24) is 20.2 Å². The number of tetrazole rings is 1. The predicted octanol–water partition coefficient (Wildman–Crippen LogP) is 1.35. The van der Waals surface area contributed by atoms with Gasteiger partial charge in [-0.3, -0.25) is 0 Å². The summed E-state index contributed by atoms with van der Waals surface area (Å²) in [6.45, 7) is 2.47. The molecule has 0 saturated heterocycles. The molecule has 0 saturated carbocycles. The molecule has 1 aromatic heterocycles. The molecule has 16 heavy (non-hydrogen) atoms. The Morgan fingerprint density at radius 2 is 2.00 bits per heavy atom. The van der Waals surface area contributed by atoms with Crippen LogP contribution in [-0.4, -0.2) is 20.2 Å². The highest BCUT2D eigenvalue weighted by atomic mass is 16.5. The van der Waals surface area contributed by atoms with E-state index in [2.05, 4.69) is 34.5 Å². The quantitative estimate of drug-likeness (QED) is 0.777. The molecule has 0 aliphatic heterocycles. The monoisotopic (exact) mass is 218 g/mol. The Hall–Kier alpha value is -1.91. The Morgan fingerprint density at radius 1 is 1.25 bits per heavy atom. The SMILES string of the molecule is CCc1ccc(OCc2nnn(C)n2)cc1. The van der Waals surface area contributed by atoms with E-state index in [-0.39, 0.29) is 0 Å². The third-order valence-corrected chi connectivity index (χ3v) is 2.25. The third-order valence-electron chi connectivity index (χ3n) is 2.25. The van der Waals surface area contributed by atoms with Gasteiger partial charge in [0.2, 0.25) is 5.82 Å². The first-order chi connectivity index (χ1) is 7.78. The van der Waals surface area contributed by atoms with Crippen LogP contribution in [0.5, 0.6) is 5.75 Å². The van der Waals surface area contributed by atoms with Crippen molar-refractivity contribution in [1.29, 1.82) is 0 Å². The van der Waals surface area contributed by atoms with Gasteiger partial charge in [-0.2, -0.15) is 4.80 Å². The average molecular weight is 218 g/mol. The van der Waals surface area contributed by atoms with E-state index >= 15 is 0 Å². The van der Waals surface area contributed by atoms with Gasteiger partial charge in [0.25, 0.3) is 0 Å². The lowest BCUT2D eigenvalue weighted by atomic mass is 10.2. The smallest absolute Gasteiger partial charge is 0.212 e. The van der Waals surface area contributed by atoms with E-state index in [1.54, 1.807) is 7.05 Å². The molecule has 0 N–H and O–H groups in total. The summed E-state index contributed by atoms with van der Waals surface area (Å²) < 4.78 is 5.53. The number of hydrogen-bond donors (Lipinski definition) is 0. The van der Waals surface area contributed by atoms with Crippen molar-refractivity contribution >= 4 is 0 Å². The molecule has 0 aliphatic carbocycles. The minimum Gasteiger partial charge on any atom is -0.485 e. The summed E-state index contributed by atoms with van der Waals surface area (Å²) in [4.78, 5) is 1.42. The summed E-state index contributed by atoms with van der Waals surface area (Å²) in [7, 11) is 1.73. The maximum atomic E-state index is 5.53. The molecule has 2 rings (SSSR count). The molecule has 0 amide bonds. The molecule has 84 valence electrons. The van der Waals surface area contributed by atoms with Crippen LogP contribution in [0.15, 0.2) is 24.3 Å². The number of aromatic nitrogens is 4. The molecule has 5 heteroatoms. The maximum Gasteiger partial charge on any atom is 0.212 e. The van der Waals surface area contributed by atoms with Crippen molar-refractivity contribution in [2.45, 2.75) is 20.0 Å². The van der Waals surface area contributed by atoms with E-state index in [1.165, 1.54) is 10.4 Å². The van der Waals surface area contributed by atoms with Crippen LogP contribution in [0.1, 0.15) is 18.3 Å². The van der Waals surface area contributed by atoms with Gasteiger partial charge in [-0.05, 0) is 29.3 Å². The topological polar surface area (TPSA) is 52.8 Å². The zero-order chi connectivity index (χ0) is 11.4. The van der Waals surface area contributed by atoms with Crippen LogP contribution in [0.2, 0.25) is 0 Å². The number of aryl methyl sites for hydroxylation is 2. The number of hydrogen-bond acceptors (Lipinski definition) is 4. The Labute approximate surface area is 94.0 Å². The van der Waals surface area contributed by atoms with Crippen molar-refractivity contribution in [3.05, 3.63) is 35.7 Å². The molecular weight excluding hydrogens is 204 g/mol. The van der Waals surface area contributed by atoms with Gasteiger partial charge in [0, 0.05) is 0 Å². The van der Waals surface area contributed by atoms with Gasteiger partial charge in [0.05, 0.1) is 7.05 Å². The second-order valence-electron chi connectivity index (χ2n) is 3.48. The number of nitrogens with zero attached hydrogens (tertiary/aromatic N) is 4. The fraction of sp³-hybridized carbons (Fsp3) is 0.364. The van der Waals surface area contributed by atoms with E-state index in [0.29, 0.717) is 12.4 Å². The molecule has 0 bridgehead atoms. The van der Waals surface area contributed by atoms with Crippen LogP contribution >= 0.6 is 0 Å². The first-order valence-electron chi connectivity index (χ1n) is 5.22. The molecule has 0 unspecified atom stereocenters. The highest BCUT2D eigenvalue weighted by molar-refractivity contribution is 5.27. The summed E-state index contributed by atoms with van der Waals surface area (Å²) in [6, 6.07) is 8.02. The summed E-state index contributed by atoms with van der Waals surface area (Å²) in [5.41, 5.74) is 1.30. The van der Waals surface area contributed by atoms with Crippen LogP contribution in [0.25, 0.3) is 0 Å². The van der Waals surface area contributed by atoms with Gasteiger partial charge in [-0.1, -0.05) is 19.1 Å². The fourth-order valence-electron chi connectivity index (χ4n) is 1.35. The number of rotatable bonds is 4. The second kappa shape index (κ2) is 4.74. The molecule has 2 aromatic rings. The lowest BCUT2D eigenvalue weighted by Gasteiger charge is -2.03. The fourth-order valence-corrected chi connectivity index (χ4v) is 1.35. The lowest BCUT2D eigenvalue weighted by molar-refractivity contribution is 0.295. The Morgan fingerprint density at radius 3 is 2.56 bits per heavy atom. The predicted molar refractivity (Wildman–Crippen MR) is 59.0 cm³/mol. The molecule has 0 radical (unpaired) electrons. The Bertz CT molecular complexity index is 449. The van der Waals surface area contributed by atoms with Crippen LogP contribution < -0.4 is 4.74 Å². The van der Waals surface area contributed by atoms with Crippen LogP contribution in [0, 0.1) is 0 Å². The van der Waals surface area contributed by atoms with Crippen molar-refractivity contribution in [3.63, 3.8) is 0 Å². The summed E-state index contributed by atoms with van der Waals surface area (Å²) in [5.74, 6) is 1.41. The molecule has 5 nitrogen and oxygen atoms in total. The minimum absolute atomic E-state index is 0.347. The first-order valence-corrected chi connectivity index (χ1v) is 5.22. The van der Waals surface area contributed by atoms with Crippen molar-refractivity contribution in [2.24, 2.45) is 7.05 Å². The molecule has 1 aromatic carbocycles. The first kappa shape index (κ1) is 10.6. The van der Waals surface area contributed by atoms with E-state index in [1.807, 2.05) is 12.1 Å². The van der Waals surface area contributed by atoms with Crippen LogP contribution in [0.4, 0.5) is 0 Å². The highest BCUT2D eigenvalue weighted by Crippen LogP contribution is 2.13. The Balaban J connectivity index is 1.94. The Kier molecular flexibility index (Phi) is 3.14. The number of benzene rings is 1. The number of ether oxygens (including phenoxy) is 1. The maximum absolute atomic E-state index is 5.53. The van der Waals surface area contributed by atoms with Gasteiger partial charge >= 0.3 is 0 Å². The van der Waals surface area contributed by atoms with Crippen LogP contribution in [-0.2, 0) is 20.1 Å². The van der Waals surface area contributed by atoms with Gasteiger partial charge in [-0.25, -0.2) is 0 Å². The summed E-state index contributed by atoms with van der Waals surface area (Å²) in [6.07, 6.45) is 1.03. The van der Waals surface area contributed by atoms with E-state index in [0.717, 1.165) is 12.2 Å². The van der Waals surface area contributed by atoms with Gasteiger partial charge < -0.3 is 4.74 Å². The van der Waals surface area contributed by atoms with Gasteiger partial charge in [0.15, 0.2) is 6.61 Å². The van der Waals surface area contributed by atoms with E-state index < -0.39 is 0 Å². The zero-order valence-electron chi connectivity index (χ0n) is 9.42. The van der Waals surface area contributed by atoms with Crippen molar-refractivity contribution in [3.8, 4) is 5.75 Å². The van der Waals surface area contributed by atoms with E-state index in [4.69, 9.17) is 4.74 Å².